The number of alkyl halides is 3. The number of guanidine groups is 1. The van der Waals surface area contributed by atoms with Gasteiger partial charge in [0.05, 0.1) is 6.54 Å². The molecule has 0 radical (unpaired) electrons. The van der Waals surface area contributed by atoms with Crippen LogP contribution in [0.15, 0.2) is 41.7 Å². The molecule has 0 fully saturated rings. The van der Waals surface area contributed by atoms with E-state index in [4.69, 9.17) is 0 Å². The van der Waals surface area contributed by atoms with Crippen LogP contribution >= 0.6 is 0 Å². The lowest BCUT2D eigenvalue weighted by atomic mass is 9.97. The van der Waals surface area contributed by atoms with Gasteiger partial charge in [-0.3, -0.25) is 0 Å². The molecular weight excluding hydrogens is 371 g/mol. The van der Waals surface area contributed by atoms with Gasteiger partial charge in [-0.25, -0.2) is 9.98 Å². The summed E-state index contributed by atoms with van der Waals surface area (Å²) in [5, 5.41) is 16.2. The Morgan fingerprint density at radius 3 is 2.61 bits per heavy atom. The van der Waals surface area contributed by atoms with Crippen LogP contribution in [0.1, 0.15) is 30.3 Å². The zero-order chi connectivity index (χ0) is 20.8. The predicted octanol–water partition coefficient (Wildman–Crippen LogP) is 2.62. The molecule has 0 aliphatic heterocycles. The van der Waals surface area contributed by atoms with E-state index in [-0.39, 0.29) is 6.54 Å². The summed E-state index contributed by atoms with van der Waals surface area (Å²) < 4.78 is 41.8. The average molecular weight is 397 g/mol. The lowest BCUT2D eigenvalue weighted by Gasteiger charge is -2.30. The maximum atomic E-state index is 13.6. The number of benzene rings is 1. The topological polar surface area (TPSA) is 74.5 Å². The zero-order valence-electron chi connectivity index (χ0n) is 16.2. The van der Waals surface area contributed by atoms with Crippen molar-refractivity contribution in [2.45, 2.75) is 38.6 Å². The van der Waals surface area contributed by atoms with Crippen molar-refractivity contribution in [3.05, 3.63) is 53.6 Å². The third kappa shape index (κ3) is 5.25. The Kier molecular flexibility index (Phi) is 7.06. The van der Waals surface area contributed by atoms with E-state index in [0.29, 0.717) is 19.0 Å². The van der Waals surface area contributed by atoms with Crippen molar-refractivity contribution >= 4 is 5.96 Å². The molecule has 2 rings (SSSR count). The Hall–Kier alpha value is -2.55. The molecule has 154 valence electrons. The van der Waals surface area contributed by atoms with Crippen LogP contribution in [-0.2, 0) is 19.2 Å². The lowest BCUT2D eigenvalue weighted by molar-refractivity contribution is -0.272. The van der Waals surface area contributed by atoms with Gasteiger partial charge in [0.2, 0.25) is 5.60 Å². The number of rotatable bonds is 7. The molecule has 1 heterocycles. The van der Waals surface area contributed by atoms with Gasteiger partial charge < -0.3 is 20.3 Å². The van der Waals surface area contributed by atoms with Crippen molar-refractivity contribution in [2.75, 3.05) is 13.1 Å². The van der Waals surface area contributed by atoms with Crippen LogP contribution in [0, 0.1) is 6.92 Å². The first-order chi connectivity index (χ1) is 13.2. The average Bonchev–Trinajstić information content (AvgIpc) is 3.05. The number of hydrogen-bond donors (Lipinski definition) is 3. The third-order valence-electron chi connectivity index (χ3n) is 4.29. The molecule has 0 saturated carbocycles. The van der Waals surface area contributed by atoms with E-state index < -0.39 is 24.0 Å². The minimum absolute atomic E-state index is 0.136. The van der Waals surface area contributed by atoms with Crippen molar-refractivity contribution in [1.29, 1.82) is 0 Å². The Balaban J connectivity index is 2.07. The van der Waals surface area contributed by atoms with Crippen LogP contribution in [0.2, 0.25) is 0 Å². The number of aryl methyl sites for hydroxylation is 2. The number of aliphatic imine (C=N–C) groups is 1. The first kappa shape index (κ1) is 21.7. The lowest BCUT2D eigenvalue weighted by Crippen LogP contribution is -2.47. The van der Waals surface area contributed by atoms with Crippen LogP contribution in [0.5, 0.6) is 0 Å². The van der Waals surface area contributed by atoms with Crippen molar-refractivity contribution < 1.29 is 18.3 Å². The molecule has 28 heavy (non-hydrogen) atoms. The summed E-state index contributed by atoms with van der Waals surface area (Å²) in [4.78, 5) is 8.09. The van der Waals surface area contributed by atoms with E-state index >= 15 is 0 Å². The van der Waals surface area contributed by atoms with Crippen LogP contribution in [0.25, 0.3) is 0 Å². The molecule has 2 aromatic rings. The summed E-state index contributed by atoms with van der Waals surface area (Å²) in [5.41, 5.74) is -0.945. The fourth-order valence-corrected chi connectivity index (χ4v) is 2.83. The van der Waals surface area contributed by atoms with E-state index in [9.17, 15) is 18.3 Å². The summed E-state index contributed by atoms with van der Waals surface area (Å²) in [6.07, 6.45) is -2.86. The highest BCUT2D eigenvalue weighted by Crippen LogP contribution is 2.40. The number of halogens is 3. The van der Waals surface area contributed by atoms with Gasteiger partial charge in [0.15, 0.2) is 5.96 Å². The molecule has 1 aromatic heterocycles. The number of hydrogen-bond acceptors (Lipinski definition) is 3. The van der Waals surface area contributed by atoms with Crippen molar-refractivity contribution in [2.24, 2.45) is 12.0 Å². The van der Waals surface area contributed by atoms with Gasteiger partial charge in [0.1, 0.15) is 5.82 Å². The second-order valence-corrected chi connectivity index (χ2v) is 6.58. The Bertz CT molecular complexity index is 803. The molecule has 0 aliphatic carbocycles. The highest BCUT2D eigenvalue weighted by molar-refractivity contribution is 5.79. The number of nitrogens with zero attached hydrogens (tertiary/aromatic N) is 3. The molecular formula is C19H26F3N5O. The van der Waals surface area contributed by atoms with Crippen molar-refractivity contribution in [3.8, 4) is 0 Å². The van der Waals surface area contributed by atoms with Crippen molar-refractivity contribution in [3.63, 3.8) is 0 Å². The SMILES string of the molecule is CCNC(=NCc1cccc(C)c1)NCCC(O)(c1nccn1C)C(F)(F)F. The Labute approximate surface area is 162 Å². The maximum absolute atomic E-state index is 13.6. The van der Waals surface area contributed by atoms with Crippen molar-refractivity contribution in [1.82, 2.24) is 20.2 Å². The quantitative estimate of drug-likeness (QED) is 0.496. The molecule has 1 unspecified atom stereocenters. The number of imidazole rings is 1. The molecule has 1 aromatic carbocycles. The minimum atomic E-state index is -4.86. The Morgan fingerprint density at radius 1 is 1.29 bits per heavy atom. The standard InChI is InChI=1S/C19H26F3N5O/c1-4-23-17(26-13-15-7-5-6-14(2)12-15)25-9-8-18(28,19(20,21)22)16-24-10-11-27(16)3/h5-7,10-12,28H,4,8-9,13H2,1-3H3,(H2,23,25,26). The number of aliphatic hydroxyl groups is 1. The van der Waals surface area contributed by atoms with E-state index in [1.165, 1.54) is 24.0 Å². The van der Waals surface area contributed by atoms with Gasteiger partial charge in [-0.15, -0.1) is 0 Å². The molecule has 0 saturated heterocycles. The molecule has 9 heteroatoms. The molecule has 1 atom stereocenters. The normalized spacial score (nSPS) is 14.6. The smallest absolute Gasteiger partial charge is 0.374 e. The van der Waals surface area contributed by atoms with E-state index in [1.54, 1.807) is 0 Å². The fourth-order valence-electron chi connectivity index (χ4n) is 2.83. The maximum Gasteiger partial charge on any atom is 0.424 e. The Morgan fingerprint density at radius 2 is 2.04 bits per heavy atom. The van der Waals surface area contributed by atoms with Gasteiger partial charge in [-0.2, -0.15) is 13.2 Å². The fraction of sp³-hybridized carbons (Fsp3) is 0.474. The highest BCUT2D eigenvalue weighted by atomic mass is 19.4. The second kappa shape index (κ2) is 9.09. The molecule has 0 spiro atoms. The minimum Gasteiger partial charge on any atom is -0.374 e. The summed E-state index contributed by atoms with van der Waals surface area (Å²) in [6, 6.07) is 7.84. The highest BCUT2D eigenvalue weighted by Gasteiger charge is 2.57. The van der Waals surface area contributed by atoms with E-state index in [1.807, 2.05) is 38.1 Å². The number of nitrogens with one attached hydrogen (secondary N) is 2. The summed E-state index contributed by atoms with van der Waals surface area (Å²) in [5.74, 6) is -0.0585. The summed E-state index contributed by atoms with van der Waals surface area (Å²) in [7, 11) is 1.42. The van der Waals surface area contributed by atoms with Gasteiger partial charge in [0.25, 0.3) is 0 Å². The van der Waals surface area contributed by atoms with Gasteiger partial charge in [-0.1, -0.05) is 29.8 Å². The predicted molar refractivity (Wildman–Crippen MR) is 102 cm³/mol. The van der Waals surface area contributed by atoms with Crippen LogP contribution < -0.4 is 10.6 Å². The van der Waals surface area contributed by atoms with Gasteiger partial charge >= 0.3 is 6.18 Å². The number of aromatic nitrogens is 2. The molecule has 3 N–H and O–H groups in total. The molecule has 0 aliphatic rings. The summed E-state index contributed by atoms with van der Waals surface area (Å²) in [6.45, 7) is 4.65. The molecule has 0 amide bonds. The van der Waals surface area contributed by atoms with Crippen LogP contribution in [0.3, 0.4) is 0 Å². The summed E-state index contributed by atoms with van der Waals surface area (Å²) >= 11 is 0. The van der Waals surface area contributed by atoms with Crippen LogP contribution in [-0.4, -0.2) is 39.9 Å². The van der Waals surface area contributed by atoms with Gasteiger partial charge in [-0.05, 0) is 19.4 Å². The zero-order valence-corrected chi connectivity index (χ0v) is 16.2. The first-order valence-electron chi connectivity index (χ1n) is 9.02. The first-order valence-corrected chi connectivity index (χ1v) is 9.02. The third-order valence-corrected chi connectivity index (χ3v) is 4.29. The largest absolute Gasteiger partial charge is 0.424 e. The van der Waals surface area contributed by atoms with E-state index in [2.05, 4.69) is 20.6 Å². The van der Waals surface area contributed by atoms with Gasteiger partial charge in [0, 0.05) is 39.0 Å². The monoisotopic (exact) mass is 397 g/mol. The second-order valence-electron chi connectivity index (χ2n) is 6.58. The molecule has 6 nitrogen and oxygen atoms in total. The van der Waals surface area contributed by atoms with Crippen LogP contribution in [0.4, 0.5) is 13.2 Å². The molecule has 0 bridgehead atoms. The van der Waals surface area contributed by atoms with E-state index in [0.717, 1.165) is 11.1 Å².